The average molecular weight is 291 g/mol. The smallest absolute Gasteiger partial charge is 0.343 e. The molecule has 0 unspecified atom stereocenters. The maximum absolute atomic E-state index is 11.8. The van der Waals surface area contributed by atoms with Crippen molar-refractivity contribution in [2.75, 3.05) is 0 Å². The molecule has 0 aliphatic heterocycles. The number of halogens is 1. The summed E-state index contributed by atoms with van der Waals surface area (Å²) in [7, 11) is 0. The van der Waals surface area contributed by atoms with Gasteiger partial charge in [-0.3, -0.25) is 0 Å². The largest absolute Gasteiger partial charge is 0.422 e. The summed E-state index contributed by atoms with van der Waals surface area (Å²) in [6, 6.07) is 14.6. The van der Waals surface area contributed by atoms with E-state index in [2.05, 4.69) is 15.9 Å². The summed E-state index contributed by atoms with van der Waals surface area (Å²) in [5.41, 5.74) is 1.66. The minimum absolute atomic E-state index is 0.350. The van der Waals surface area contributed by atoms with Crippen LogP contribution in [0.5, 0.6) is 5.75 Å². The van der Waals surface area contributed by atoms with Gasteiger partial charge in [-0.2, -0.15) is 0 Å². The lowest BCUT2D eigenvalue weighted by molar-refractivity contribution is 0.0733. The van der Waals surface area contributed by atoms with E-state index in [1.165, 1.54) is 0 Å². The number of hydrogen-bond donors (Lipinski definition) is 0. The number of aryl methyl sites for hydroxylation is 1. The van der Waals surface area contributed by atoms with Crippen LogP contribution in [0.4, 0.5) is 0 Å². The Morgan fingerprint density at radius 2 is 1.71 bits per heavy atom. The van der Waals surface area contributed by atoms with Gasteiger partial charge in [-0.25, -0.2) is 4.79 Å². The fraction of sp³-hybridized carbons (Fsp3) is 0.0714. The summed E-state index contributed by atoms with van der Waals surface area (Å²) in [6.45, 7) is 1.98. The number of hydrogen-bond acceptors (Lipinski definition) is 2. The van der Waals surface area contributed by atoms with Gasteiger partial charge in [0.2, 0.25) is 0 Å². The third-order valence-corrected chi connectivity index (χ3v) is 2.98. The van der Waals surface area contributed by atoms with Gasteiger partial charge in [-0.05, 0) is 47.1 Å². The highest BCUT2D eigenvalue weighted by Crippen LogP contribution is 2.24. The van der Waals surface area contributed by atoms with Crippen LogP contribution < -0.4 is 4.74 Å². The van der Waals surface area contributed by atoms with Crippen molar-refractivity contribution in [2.45, 2.75) is 6.92 Å². The highest BCUT2D eigenvalue weighted by atomic mass is 79.9. The van der Waals surface area contributed by atoms with Gasteiger partial charge in [0.05, 0.1) is 10.0 Å². The molecule has 0 spiro atoms. The van der Waals surface area contributed by atoms with Gasteiger partial charge in [0.1, 0.15) is 5.75 Å². The monoisotopic (exact) mass is 290 g/mol. The van der Waals surface area contributed by atoms with E-state index in [1.807, 2.05) is 37.3 Å². The van der Waals surface area contributed by atoms with Crippen molar-refractivity contribution < 1.29 is 9.53 Å². The number of carbonyl (C=O) groups excluding carboxylic acids is 1. The molecule has 0 aromatic heterocycles. The average Bonchev–Trinajstić information content (AvgIpc) is 2.33. The molecule has 0 heterocycles. The zero-order chi connectivity index (χ0) is 12.3. The summed E-state index contributed by atoms with van der Waals surface area (Å²) >= 11 is 3.33. The van der Waals surface area contributed by atoms with Crippen molar-refractivity contribution in [1.29, 1.82) is 0 Å². The molecule has 3 heteroatoms. The predicted octanol–water partition coefficient (Wildman–Crippen LogP) is 3.98. The van der Waals surface area contributed by atoms with E-state index in [9.17, 15) is 4.79 Å². The topological polar surface area (TPSA) is 26.3 Å². The highest BCUT2D eigenvalue weighted by Gasteiger charge is 2.09. The van der Waals surface area contributed by atoms with Crippen molar-refractivity contribution in [3.63, 3.8) is 0 Å². The van der Waals surface area contributed by atoms with Crippen LogP contribution in [0.15, 0.2) is 53.0 Å². The summed E-state index contributed by atoms with van der Waals surface area (Å²) in [4.78, 5) is 11.8. The molecule has 86 valence electrons. The Balaban J connectivity index is 2.17. The summed E-state index contributed by atoms with van der Waals surface area (Å²) in [6.07, 6.45) is 0. The first-order chi connectivity index (χ1) is 8.16. The van der Waals surface area contributed by atoms with E-state index in [1.54, 1.807) is 18.2 Å². The third-order valence-electron chi connectivity index (χ3n) is 2.33. The Morgan fingerprint density at radius 1 is 1.06 bits per heavy atom. The van der Waals surface area contributed by atoms with Gasteiger partial charge < -0.3 is 4.74 Å². The molecular formula is C14H11BrO2. The molecule has 0 N–H and O–H groups in total. The molecule has 0 aliphatic carbocycles. The number of carbonyl (C=O) groups is 1. The van der Waals surface area contributed by atoms with E-state index < -0.39 is 0 Å². The van der Waals surface area contributed by atoms with Crippen LogP contribution in [0.1, 0.15) is 15.9 Å². The SMILES string of the molecule is Cc1ccc(C(=O)Oc2ccccc2Br)cc1. The first-order valence-electron chi connectivity index (χ1n) is 5.20. The summed E-state index contributed by atoms with van der Waals surface area (Å²) < 4.78 is 6.05. The van der Waals surface area contributed by atoms with E-state index in [-0.39, 0.29) is 5.97 Å². The van der Waals surface area contributed by atoms with Crippen LogP contribution in [-0.2, 0) is 0 Å². The minimum atomic E-state index is -0.350. The first-order valence-corrected chi connectivity index (χ1v) is 5.99. The second-order valence-electron chi connectivity index (χ2n) is 3.69. The van der Waals surface area contributed by atoms with Crippen molar-refractivity contribution in [1.82, 2.24) is 0 Å². The van der Waals surface area contributed by atoms with E-state index in [4.69, 9.17) is 4.74 Å². The van der Waals surface area contributed by atoms with Crippen LogP contribution in [0, 0.1) is 6.92 Å². The minimum Gasteiger partial charge on any atom is -0.422 e. The van der Waals surface area contributed by atoms with Gasteiger partial charge in [0.15, 0.2) is 0 Å². The molecule has 0 bridgehead atoms. The number of para-hydroxylation sites is 1. The Kier molecular flexibility index (Phi) is 3.59. The number of esters is 1. The Labute approximate surface area is 108 Å². The maximum atomic E-state index is 11.8. The molecule has 2 aromatic carbocycles. The lowest BCUT2D eigenvalue weighted by Gasteiger charge is -2.06. The van der Waals surface area contributed by atoms with Gasteiger partial charge >= 0.3 is 5.97 Å². The molecule has 0 saturated carbocycles. The number of benzene rings is 2. The van der Waals surface area contributed by atoms with Crippen molar-refractivity contribution >= 4 is 21.9 Å². The molecule has 0 radical (unpaired) electrons. The van der Waals surface area contributed by atoms with Crippen molar-refractivity contribution in [3.8, 4) is 5.75 Å². The summed E-state index contributed by atoms with van der Waals surface area (Å²) in [5.74, 6) is 0.176. The van der Waals surface area contributed by atoms with Gasteiger partial charge in [-0.1, -0.05) is 29.8 Å². The predicted molar refractivity (Wildman–Crippen MR) is 70.3 cm³/mol. The Hall–Kier alpha value is -1.61. The molecule has 0 aliphatic rings. The fourth-order valence-electron chi connectivity index (χ4n) is 1.38. The van der Waals surface area contributed by atoms with Crippen molar-refractivity contribution in [3.05, 3.63) is 64.1 Å². The van der Waals surface area contributed by atoms with Gasteiger partial charge in [0, 0.05) is 0 Å². The van der Waals surface area contributed by atoms with Crippen molar-refractivity contribution in [2.24, 2.45) is 0 Å². The number of rotatable bonds is 2. The molecule has 0 amide bonds. The third kappa shape index (κ3) is 2.94. The van der Waals surface area contributed by atoms with E-state index in [0.717, 1.165) is 10.0 Å². The zero-order valence-electron chi connectivity index (χ0n) is 9.31. The quantitative estimate of drug-likeness (QED) is 0.618. The highest BCUT2D eigenvalue weighted by molar-refractivity contribution is 9.10. The molecule has 2 rings (SSSR count). The standard InChI is InChI=1S/C14H11BrO2/c1-10-6-8-11(9-7-10)14(16)17-13-5-3-2-4-12(13)15/h2-9H,1H3. The van der Waals surface area contributed by atoms with Crippen LogP contribution in [0.3, 0.4) is 0 Å². The van der Waals surface area contributed by atoms with Gasteiger partial charge in [0.25, 0.3) is 0 Å². The molecule has 0 saturated heterocycles. The molecule has 0 fully saturated rings. The van der Waals surface area contributed by atoms with Gasteiger partial charge in [-0.15, -0.1) is 0 Å². The van der Waals surface area contributed by atoms with Crippen LogP contribution in [-0.4, -0.2) is 5.97 Å². The first kappa shape index (κ1) is 11.9. The molecular weight excluding hydrogens is 280 g/mol. The molecule has 2 nitrogen and oxygen atoms in total. The Bertz CT molecular complexity index is 532. The van der Waals surface area contributed by atoms with E-state index >= 15 is 0 Å². The van der Waals surface area contributed by atoms with Crippen LogP contribution >= 0.6 is 15.9 Å². The Morgan fingerprint density at radius 3 is 2.35 bits per heavy atom. The lowest BCUT2D eigenvalue weighted by Crippen LogP contribution is -2.08. The number of ether oxygens (including phenoxy) is 1. The van der Waals surface area contributed by atoms with E-state index in [0.29, 0.717) is 11.3 Å². The second kappa shape index (κ2) is 5.15. The molecule has 2 aromatic rings. The zero-order valence-corrected chi connectivity index (χ0v) is 10.9. The molecule has 17 heavy (non-hydrogen) atoms. The fourth-order valence-corrected chi connectivity index (χ4v) is 1.74. The normalized spacial score (nSPS) is 10.0. The molecule has 0 atom stereocenters. The summed E-state index contributed by atoms with van der Waals surface area (Å²) in [5, 5.41) is 0. The second-order valence-corrected chi connectivity index (χ2v) is 4.54. The van der Waals surface area contributed by atoms with Crippen LogP contribution in [0.25, 0.3) is 0 Å². The lowest BCUT2D eigenvalue weighted by atomic mass is 10.1. The maximum Gasteiger partial charge on any atom is 0.343 e. The van der Waals surface area contributed by atoms with Crippen LogP contribution in [0.2, 0.25) is 0 Å².